The van der Waals surface area contributed by atoms with Crippen molar-refractivity contribution in [2.45, 2.75) is 53.1 Å². The molecule has 0 aliphatic carbocycles. The summed E-state index contributed by atoms with van der Waals surface area (Å²) in [7, 11) is 0. The maximum Gasteiger partial charge on any atom is 0.243 e. The second-order valence-electron chi connectivity index (χ2n) is 6.65. The third-order valence-electron chi connectivity index (χ3n) is 4.51. The lowest BCUT2D eigenvalue weighted by molar-refractivity contribution is -0.132. The molecular weight excluding hydrogens is 320 g/mol. The van der Waals surface area contributed by atoms with E-state index in [0.717, 1.165) is 18.4 Å². The van der Waals surface area contributed by atoms with Crippen LogP contribution in [0.5, 0.6) is 11.5 Å². The molecule has 6 nitrogen and oxygen atoms in total. The van der Waals surface area contributed by atoms with Gasteiger partial charge in [-0.25, -0.2) is 0 Å². The minimum atomic E-state index is -0.540. The highest BCUT2D eigenvalue weighted by Crippen LogP contribution is 2.32. The van der Waals surface area contributed by atoms with Crippen LogP contribution < -0.4 is 20.1 Å². The van der Waals surface area contributed by atoms with E-state index in [1.165, 1.54) is 0 Å². The minimum Gasteiger partial charge on any atom is -0.454 e. The average Bonchev–Trinajstić information content (AvgIpc) is 3.06. The van der Waals surface area contributed by atoms with E-state index in [-0.39, 0.29) is 30.4 Å². The molecule has 0 saturated carbocycles. The summed E-state index contributed by atoms with van der Waals surface area (Å²) in [6.45, 7) is 8.42. The molecule has 1 aromatic rings. The second kappa shape index (κ2) is 8.74. The summed E-state index contributed by atoms with van der Waals surface area (Å²) in [5.41, 5.74) is 0.923. The van der Waals surface area contributed by atoms with Crippen LogP contribution >= 0.6 is 0 Å². The Kier molecular flexibility index (Phi) is 6.67. The molecule has 0 unspecified atom stereocenters. The van der Waals surface area contributed by atoms with Crippen molar-refractivity contribution in [2.75, 3.05) is 6.79 Å². The van der Waals surface area contributed by atoms with E-state index in [1.54, 1.807) is 0 Å². The van der Waals surface area contributed by atoms with Crippen LogP contribution in [0.25, 0.3) is 0 Å². The maximum absolute atomic E-state index is 12.5. The number of carbonyl (C=O) groups is 2. The zero-order chi connectivity index (χ0) is 18.4. The van der Waals surface area contributed by atoms with Crippen molar-refractivity contribution in [1.82, 2.24) is 10.6 Å². The summed E-state index contributed by atoms with van der Waals surface area (Å²) in [5, 5.41) is 5.80. The Labute approximate surface area is 149 Å². The van der Waals surface area contributed by atoms with Gasteiger partial charge in [-0.05, 0) is 36.5 Å². The standard InChI is InChI=1S/C19H28N2O4/c1-5-14(6-2)18(22)21-17(12(3)4)19(23)20-10-13-7-8-15-16(9-13)25-11-24-15/h7-9,12,14,17H,5-6,10-11H2,1-4H3,(H,20,23)(H,21,22)/t17-/m0/s1. The molecule has 0 spiro atoms. The molecule has 2 rings (SSSR count). The summed E-state index contributed by atoms with van der Waals surface area (Å²) in [5.74, 6) is 1.13. The van der Waals surface area contributed by atoms with Gasteiger partial charge >= 0.3 is 0 Å². The number of hydrogen-bond donors (Lipinski definition) is 2. The summed E-state index contributed by atoms with van der Waals surface area (Å²) in [6, 6.07) is 5.04. The van der Waals surface area contributed by atoms with Crippen molar-refractivity contribution in [3.05, 3.63) is 23.8 Å². The average molecular weight is 348 g/mol. The van der Waals surface area contributed by atoms with E-state index in [0.29, 0.717) is 18.0 Å². The van der Waals surface area contributed by atoms with Crippen LogP contribution in [0.15, 0.2) is 18.2 Å². The van der Waals surface area contributed by atoms with Gasteiger partial charge in [0.1, 0.15) is 6.04 Å². The zero-order valence-electron chi connectivity index (χ0n) is 15.4. The molecule has 6 heteroatoms. The van der Waals surface area contributed by atoms with Crippen molar-refractivity contribution >= 4 is 11.8 Å². The molecule has 138 valence electrons. The van der Waals surface area contributed by atoms with E-state index in [1.807, 2.05) is 45.9 Å². The second-order valence-corrected chi connectivity index (χ2v) is 6.65. The Hall–Kier alpha value is -2.24. The number of fused-ring (bicyclic) bond motifs is 1. The summed E-state index contributed by atoms with van der Waals surface area (Å²) >= 11 is 0. The molecule has 1 aliphatic rings. The first kappa shape index (κ1) is 19.1. The summed E-state index contributed by atoms with van der Waals surface area (Å²) in [6.07, 6.45) is 1.54. The van der Waals surface area contributed by atoms with Crippen LogP contribution in [0.4, 0.5) is 0 Å². The fourth-order valence-electron chi connectivity index (χ4n) is 2.82. The van der Waals surface area contributed by atoms with Gasteiger partial charge in [0.2, 0.25) is 18.6 Å². The lowest BCUT2D eigenvalue weighted by atomic mass is 9.99. The maximum atomic E-state index is 12.5. The smallest absolute Gasteiger partial charge is 0.243 e. The predicted molar refractivity (Wildman–Crippen MR) is 95.3 cm³/mol. The monoisotopic (exact) mass is 348 g/mol. The highest BCUT2D eigenvalue weighted by molar-refractivity contribution is 5.88. The van der Waals surface area contributed by atoms with Gasteiger partial charge in [0, 0.05) is 12.5 Å². The van der Waals surface area contributed by atoms with Gasteiger partial charge in [0.15, 0.2) is 11.5 Å². The molecule has 0 radical (unpaired) electrons. The third kappa shape index (κ3) is 4.87. The van der Waals surface area contributed by atoms with Crippen LogP contribution in [0, 0.1) is 11.8 Å². The molecule has 0 bridgehead atoms. The first-order valence-corrected chi connectivity index (χ1v) is 8.92. The van der Waals surface area contributed by atoms with E-state index in [2.05, 4.69) is 10.6 Å². The number of benzene rings is 1. The van der Waals surface area contributed by atoms with Crippen molar-refractivity contribution in [1.29, 1.82) is 0 Å². The highest BCUT2D eigenvalue weighted by atomic mass is 16.7. The van der Waals surface area contributed by atoms with E-state index in [4.69, 9.17) is 9.47 Å². The van der Waals surface area contributed by atoms with Crippen LogP contribution in [0.2, 0.25) is 0 Å². The van der Waals surface area contributed by atoms with E-state index >= 15 is 0 Å². The Morgan fingerprint density at radius 1 is 1.08 bits per heavy atom. The topological polar surface area (TPSA) is 76.7 Å². The number of amides is 2. The highest BCUT2D eigenvalue weighted by Gasteiger charge is 2.26. The lowest BCUT2D eigenvalue weighted by Gasteiger charge is -2.24. The first-order valence-electron chi connectivity index (χ1n) is 8.92. The Bertz CT molecular complexity index is 611. The van der Waals surface area contributed by atoms with Gasteiger partial charge in [-0.15, -0.1) is 0 Å². The van der Waals surface area contributed by atoms with Crippen LogP contribution in [-0.2, 0) is 16.1 Å². The Morgan fingerprint density at radius 2 is 1.76 bits per heavy atom. The van der Waals surface area contributed by atoms with Crippen molar-refractivity contribution in [2.24, 2.45) is 11.8 Å². The SMILES string of the molecule is CCC(CC)C(=O)N[C@H](C(=O)NCc1ccc2c(c1)OCO2)C(C)C. The van der Waals surface area contributed by atoms with Crippen molar-refractivity contribution in [3.8, 4) is 11.5 Å². The Balaban J connectivity index is 1.95. The van der Waals surface area contributed by atoms with Gasteiger partial charge < -0.3 is 20.1 Å². The van der Waals surface area contributed by atoms with Crippen LogP contribution in [0.3, 0.4) is 0 Å². The van der Waals surface area contributed by atoms with Gasteiger partial charge in [0.05, 0.1) is 0 Å². The van der Waals surface area contributed by atoms with Gasteiger partial charge in [-0.1, -0.05) is 33.8 Å². The molecule has 1 aromatic carbocycles. The quantitative estimate of drug-likeness (QED) is 0.757. The molecule has 2 amide bonds. The van der Waals surface area contributed by atoms with E-state index in [9.17, 15) is 9.59 Å². The minimum absolute atomic E-state index is 0.00932. The van der Waals surface area contributed by atoms with Gasteiger partial charge in [-0.2, -0.15) is 0 Å². The molecule has 2 N–H and O–H groups in total. The van der Waals surface area contributed by atoms with E-state index < -0.39 is 6.04 Å². The number of nitrogens with one attached hydrogen (secondary N) is 2. The number of ether oxygens (including phenoxy) is 2. The normalized spacial score (nSPS) is 13.8. The number of rotatable bonds is 8. The largest absolute Gasteiger partial charge is 0.454 e. The zero-order valence-corrected chi connectivity index (χ0v) is 15.4. The van der Waals surface area contributed by atoms with Gasteiger partial charge in [0.25, 0.3) is 0 Å². The third-order valence-corrected chi connectivity index (χ3v) is 4.51. The van der Waals surface area contributed by atoms with Crippen LogP contribution in [-0.4, -0.2) is 24.6 Å². The molecule has 1 aliphatic heterocycles. The molecule has 1 atom stereocenters. The molecule has 0 aromatic heterocycles. The fraction of sp³-hybridized carbons (Fsp3) is 0.579. The molecule has 0 saturated heterocycles. The molecule has 25 heavy (non-hydrogen) atoms. The molecular formula is C19H28N2O4. The molecule has 1 heterocycles. The fourth-order valence-corrected chi connectivity index (χ4v) is 2.82. The predicted octanol–water partition coefficient (Wildman–Crippen LogP) is 2.61. The number of carbonyl (C=O) groups excluding carboxylic acids is 2. The molecule has 0 fully saturated rings. The lowest BCUT2D eigenvalue weighted by Crippen LogP contribution is -2.50. The summed E-state index contributed by atoms with van der Waals surface area (Å²) < 4.78 is 10.6. The van der Waals surface area contributed by atoms with Crippen LogP contribution in [0.1, 0.15) is 46.1 Å². The first-order chi connectivity index (χ1) is 12.0. The van der Waals surface area contributed by atoms with Crippen molar-refractivity contribution in [3.63, 3.8) is 0 Å². The Morgan fingerprint density at radius 3 is 2.40 bits per heavy atom. The van der Waals surface area contributed by atoms with Crippen molar-refractivity contribution < 1.29 is 19.1 Å². The summed E-state index contributed by atoms with van der Waals surface area (Å²) in [4.78, 5) is 24.9. The van der Waals surface area contributed by atoms with Gasteiger partial charge in [-0.3, -0.25) is 9.59 Å². The number of hydrogen-bond acceptors (Lipinski definition) is 4.